The standard InChI is InChI=1S/C14H11F3N2O3/c1-22-13-8(6-11(20)21)7-18-12(19-13)9-4-2-3-5-10(9)14(15,16)17/h2-5,7H,6H2,1H3,(H,20,21). The number of hydrogen-bond donors (Lipinski definition) is 1. The van der Waals surface area contributed by atoms with Crippen molar-refractivity contribution >= 4 is 5.97 Å². The molecule has 8 heteroatoms. The van der Waals surface area contributed by atoms with Crippen molar-refractivity contribution in [3.05, 3.63) is 41.6 Å². The van der Waals surface area contributed by atoms with Crippen molar-refractivity contribution in [2.24, 2.45) is 0 Å². The Morgan fingerprint density at radius 1 is 1.32 bits per heavy atom. The monoisotopic (exact) mass is 312 g/mol. The maximum absolute atomic E-state index is 13.0. The summed E-state index contributed by atoms with van der Waals surface area (Å²) in [6, 6.07) is 4.87. The minimum atomic E-state index is -4.55. The molecule has 0 spiro atoms. The highest BCUT2D eigenvalue weighted by atomic mass is 19.4. The summed E-state index contributed by atoms with van der Waals surface area (Å²) in [6.07, 6.45) is -3.78. The fourth-order valence-corrected chi connectivity index (χ4v) is 1.91. The molecule has 1 aromatic carbocycles. The molecule has 0 unspecified atom stereocenters. The number of aliphatic carboxylic acids is 1. The summed E-state index contributed by atoms with van der Waals surface area (Å²) in [5.41, 5.74) is -0.888. The van der Waals surface area contributed by atoms with E-state index in [0.29, 0.717) is 0 Å². The Bertz CT molecular complexity index is 702. The fourth-order valence-electron chi connectivity index (χ4n) is 1.91. The van der Waals surface area contributed by atoms with Crippen LogP contribution >= 0.6 is 0 Å². The third-order valence-electron chi connectivity index (χ3n) is 2.83. The lowest BCUT2D eigenvalue weighted by Crippen LogP contribution is -2.09. The summed E-state index contributed by atoms with van der Waals surface area (Å²) in [6.45, 7) is 0. The van der Waals surface area contributed by atoms with E-state index in [1.807, 2.05) is 0 Å². The summed E-state index contributed by atoms with van der Waals surface area (Å²) in [4.78, 5) is 18.4. The normalized spacial score (nSPS) is 11.3. The molecule has 5 nitrogen and oxygen atoms in total. The van der Waals surface area contributed by atoms with Gasteiger partial charge in [0.15, 0.2) is 5.82 Å². The number of hydrogen-bond acceptors (Lipinski definition) is 4. The van der Waals surface area contributed by atoms with Gasteiger partial charge in [-0.2, -0.15) is 18.2 Å². The Balaban J connectivity index is 2.53. The third kappa shape index (κ3) is 3.33. The van der Waals surface area contributed by atoms with Crippen molar-refractivity contribution in [3.63, 3.8) is 0 Å². The molecule has 1 heterocycles. The van der Waals surface area contributed by atoms with E-state index in [2.05, 4.69) is 9.97 Å². The van der Waals surface area contributed by atoms with Crippen molar-refractivity contribution in [1.29, 1.82) is 0 Å². The molecule has 0 aliphatic heterocycles. The minimum absolute atomic E-state index is 0.0654. The first-order valence-electron chi connectivity index (χ1n) is 6.11. The van der Waals surface area contributed by atoms with Gasteiger partial charge in [-0.1, -0.05) is 18.2 Å². The average molecular weight is 312 g/mol. The fraction of sp³-hybridized carbons (Fsp3) is 0.214. The van der Waals surface area contributed by atoms with Gasteiger partial charge >= 0.3 is 12.1 Å². The molecule has 0 saturated carbocycles. The lowest BCUT2D eigenvalue weighted by Gasteiger charge is -2.13. The topological polar surface area (TPSA) is 72.3 Å². The van der Waals surface area contributed by atoms with Gasteiger partial charge in [-0.3, -0.25) is 4.79 Å². The number of rotatable bonds is 4. The highest BCUT2D eigenvalue weighted by molar-refractivity contribution is 5.71. The number of ether oxygens (including phenoxy) is 1. The number of benzene rings is 1. The van der Waals surface area contributed by atoms with Crippen molar-refractivity contribution in [3.8, 4) is 17.3 Å². The second-order valence-corrected chi connectivity index (χ2v) is 4.34. The lowest BCUT2D eigenvalue weighted by molar-refractivity contribution is -0.137. The van der Waals surface area contributed by atoms with Gasteiger partial charge in [-0.05, 0) is 6.07 Å². The molecule has 0 amide bonds. The van der Waals surface area contributed by atoms with Gasteiger partial charge in [0.2, 0.25) is 5.88 Å². The van der Waals surface area contributed by atoms with Crippen LogP contribution in [0.4, 0.5) is 13.2 Å². The van der Waals surface area contributed by atoms with Gasteiger partial charge in [0, 0.05) is 17.3 Å². The highest BCUT2D eigenvalue weighted by Gasteiger charge is 2.34. The molecule has 22 heavy (non-hydrogen) atoms. The zero-order chi connectivity index (χ0) is 16.3. The number of aromatic nitrogens is 2. The van der Waals surface area contributed by atoms with Crippen molar-refractivity contribution in [2.45, 2.75) is 12.6 Å². The Morgan fingerprint density at radius 2 is 2.00 bits per heavy atom. The molecule has 2 aromatic rings. The van der Waals surface area contributed by atoms with Gasteiger partial charge in [0.1, 0.15) is 0 Å². The van der Waals surface area contributed by atoms with Crippen LogP contribution in [0.3, 0.4) is 0 Å². The van der Waals surface area contributed by atoms with Crippen LogP contribution in [0.5, 0.6) is 5.88 Å². The zero-order valence-electron chi connectivity index (χ0n) is 11.4. The molecule has 0 bridgehead atoms. The Hall–Kier alpha value is -2.64. The van der Waals surface area contributed by atoms with E-state index in [1.54, 1.807) is 0 Å². The van der Waals surface area contributed by atoms with Crippen LogP contribution < -0.4 is 4.74 Å². The van der Waals surface area contributed by atoms with Crippen molar-refractivity contribution in [1.82, 2.24) is 9.97 Å². The molecule has 1 N–H and O–H groups in total. The van der Waals surface area contributed by atoms with Crippen molar-refractivity contribution in [2.75, 3.05) is 7.11 Å². The zero-order valence-corrected chi connectivity index (χ0v) is 11.4. The second-order valence-electron chi connectivity index (χ2n) is 4.34. The number of carboxylic acid groups (broad SMARTS) is 1. The Labute approximate surface area is 123 Å². The molecular weight excluding hydrogens is 301 g/mol. The summed E-state index contributed by atoms with van der Waals surface area (Å²) in [7, 11) is 1.26. The minimum Gasteiger partial charge on any atom is -0.481 e. The molecule has 0 atom stereocenters. The van der Waals surface area contributed by atoms with E-state index in [-0.39, 0.29) is 29.3 Å². The average Bonchev–Trinajstić information content (AvgIpc) is 2.46. The van der Waals surface area contributed by atoms with Crippen LogP contribution in [-0.2, 0) is 17.4 Å². The first kappa shape index (κ1) is 15.7. The van der Waals surface area contributed by atoms with Crippen molar-refractivity contribution < 1.29 is 27.8 Å². The van der Waals surface area contributed by atoms with Crippen LogP contribution in [0, 0.1) is 0 Å². The summed E-state index contributed by atoms with van der Waals surface area (Å²) in [5, 5.41) is 8.76. The summed E-state index contributed by atoms with van der Waals surface area (Å²) >= 11 is 0. The van der Waals surface area contributed by atoms with Crippen LogP contribution in [0.2, 0.25) is 0 Å². The molecular formula is C14H11F3N2O3. The quantitative estimate of drug-likeness (QED) is 0.940. The van der Waals surface area contributed by atoms with Gasteiger partial charge in [-0.15, -0.1) is 0 Å². The van der Waals surface area contributed by atoms with E-state index < -0.39 is 17.7 Å². The largest absolute Gasteiger partial charge is 0.481 e. The predicted octanol–water partition coefficient (Wildman–Crippen LogP) is 2.80. The number of carboxylic acids is 1. The molecule has 0 fully saturated rings. The number of alkyl halides is 3. The van der Waals surface area contributed by atoms with Gasteiger partial charge in [0.05, 0.1) is 19.1 Å². The summed E-state index contributed by atoms with van der Waals surface area (Å²) < 4.78 is 43.9. The SMILES string of the molecule is COc1nc(-c2ccccc2C(F)(F)F)ncc1CC(=O)O. The van der Waals surface area contributed by atoms with Crippen LogP contribution in [0.25, 0.3) is 11.4 Å². The van der Waals surface area contributed by atoms with Crippen LogP contribution in [0.1, 0.15) is 11.1 Å². The maximum atomic E-state index is 13.0. The molecule has 2 rings (SSSR count). The number of halogens is 3. The number of methoxy groups -OCH3 is 1. The number of carbonyl (C=O) groups is 1. The molecule has 0 saturated heterocycles. The van der Waals surface area contributed by atoms with Gasteiger partial charge < -0.3 is 9.84 Å². The van der Waals surface area contributed by atoms with E-state index in [1.165, 1.54) is 25.3 Å². The van der Waals surface area contributed by atoms with E-state index in [0.717, 1.165) is 12.3 Å². The van der Waals surface area contributed by atoms with Gasteiger partial charge in [0.25, 0.3) is 0 Å². The van der Waals surface area contributed by atoms with E-state index >= 15 is 0 Å². The van der Waals surface area contributed by atoms with Crippen LogP contribution in [-0.4, -0.2) is 28.2 Å². The number of nitrogens with zero attached hydrogens (tertiary/aromatic N) is 2. The molecule has 0 radical (unpaired) electrons. The third-order valence-corrected chi connectivity index (χ3v) is 2.83. The first-order valence-corrected chi connectivity index (χ1v) is 6.11. The Kier molecular flexibility index (Phi) is 4.30. The highest BCUT2D eigenvalue weighted by Crippen LogP contribution is 2.36. The maximum Gasteiger partial charge on any atom is 0.417 e. The second kappa shape index (κ2) is 6.00. The molecule has 0 aliphatic carbocycles. The van der Waals surface area contributed by atoms with Crippen LogP contribution in [0.15, 0.2) is 30.5 Å². The van der Waals surface area contributed by atoms with E-state index in [9.17, 15) is 18.0 Å². The predicted molar refractivity (Wildman–Crippen MR) is 70.4 cm³/mol. The van der Waals surface area contributed by atoms with Gasteiger partial charge in [-0.25, -0.2) is 4.98 Å². The Morgan fingerprint density at radius 3 is 2.59 bits per heavy atom. The lowest BCUT2D eigenvalue weighted by atomic mass is 10.1. The molecule has 0 aliphatic rings. The molecule has 1 aromatic heterocycles. The molecule has 116 valence electrons. The smallest absolute Gasteiger partial charge is 0.417 e. The summed E-state index contributed by atoms with van der Waals surface area (Å²) in [5.74, 6) is -1.37. The first-order chi connectivity index (χ1) is 10.3. The van der Waals surface area contributed by atoms with E-state index in [4.69, 9.17) is 9.84 Å².